The molecule has 3 unspecified atom stereocenters. The number of carbonyl (C=O) groups excluding carboxylic acids is 1. The molecule has 1 N–H and O–H groups in total. The lowest BCUT2D eigenvalue weighted by Gasteiger charge is -2.14. The van der Waals surface area contributed by atoms with Crippen molar-refractivity contribution in [1.82, 2.24) is 5.32 Å². The first-order valence-corrected chi connectivity index (χ1v) is 8.48. The lowest BCUT2D eigenvalue weighted by atomic mass is 10.1. The van der Waals surface area contributed by atoms with Crippen LogP contribution >= 0.6 is 11.3 Å². The third kappa shape index (κ3) is 3.23. The molecule has 0 bridgehead atoms. The maximum Gasteiger partial charge on any atom is 0.224 e. The highest BCUT2D eigenvalue weighted by atomic mass is 32.1. The third-order valence-corrected chi connectivity index (χ3v) is 5.59. The van der Waals surface area contributed by atoms with Crippen LogP contribution in [-0.4, -0.2) is 5.91 Å². The van der Waals surface area contributed by atoms with Gasteiger partial charge in [0.1, 0.15) is 0 Å². The fourth-order valence-electron chi connectivity index (χ4n) is 3.31. The maximum atomic E-state index is 12.6. The molecule has 3 atom stereocenters. The van der Waals surface area contributed by atoms with Crippen LogP contribution in [0.4, 0.5) is 0 Å². The molecular weight excluding hydrogens is 278 g/mol. The van der Waals surface area contributed by atoms with E-state index in [0.717, 1.165) is 0 Å². The van der Waals surface area contributed by atoms with Gasteiger partial charge in [0.25, 0.3) is 0 Å². The quantitative estimate of drug-likeness (QED) is 0.797. The van der Waals surface area contributed by atoms with Crippen molar-refractivity contribution in [3.63, 3.8) is 0 Å². The van der Waals surface area contributed by atoms with Crippen molar-refractivity contribution in [3.8, 4) is 0 Å². The number of rotatable bonds is 4. The Bertz CT molecular complexity index is 578. The summed E-state index contributed by atoms with van der Waals surface area (Å²) in [6.45, 7) is 14.9. The molecule has 1 aliphatic rings. The molecule has 3 heteroatoms. The van der Waals surface area contributed by atoms with Gasteiger partial charge >= 0.3 is 0 Å². The fraction of sp³-hybridized carbons (Fsp3) is 0.611. The molecule has 0 radical (unpaired) electrons. The van der Waals surface area contributed by atoms with Gasteiger partial charge in [0.15, 0.2) is 0 Å². The van der Waals surface area contributed by atoms with Crippen molar-refractivity contribution in [3.05, 3.63) is 33.0 Å². The van der Waals surface area contributed by atoms with Crippen LogP contribution in [0.5, 0.6) is 0 Å². The van der Waals surface area contributed by atoms with Crippen molar-refractivity contribution in [2.45, 2.75) is 54.5 Å². The van der Waals surface area contributed by atoms with E-state index in [1.807, 2.05) is 0 Å². The molecule has 1 aromatic heterocycles. The normalized spacial score (nSPS) is 24.3. The van der Waals surface area contributed by atoms with E-state index in [2.05, 4.69) is 65.9 Å². The van der Waals surface area contributed by atoms with Crippen LogP contribution in [0.15, 0.2) is 17.7 Å². The average Bonchev–Trinajstić information content (AvgIpc) is 2.68. The fourth-order valence-corrected chi connectivity index (χ4v) is 4.33. The molecule has 21 heavy (non-hydrogen) atoms. The van der Waals surface area contributed by atoms with E-state index >= 15 is 0 Å². The standard InChI is InChI=1S/C18H27NOS/c1-10(2)8-15-16(18(15,6)7)17(20)19-12(4)14-9-11(3)21-13(14)5/h8-9,12,15-16H,1-7H3,(H,19,20). The second-order valence-corrected chi connectivity index (χ2v) is 8.63. The van der Waals surface area contributed by atoms with Crippen molar-refractivity contribution in [2.24, 2.45) is 17.3 Å². The first-order chi connectivity index (χ1) is 9.64. The highest BCUT2D eigenvalue weighted by Gasteiger charge is 2.60. The Morgan fingerprint density at radius 2 is 2.00 bits per heavy atom. The van der Waals surface area contributed by atoms with E-state index in [1.165, 1.54) is 20.9 Å². The predicted molar refractivity (Wildman–Crippen MR) is 90.5 cm³/mol. The summed E-state index contributed by atoms with van der Waals surface area (Å²) >= 11 is 1.80. The molecule has 1 fully saturated rings. The largest absolute Gasteiger partial charge is 0.349 e. The number of thiophene rings is 1. The number of nitrogens with one attached hydrogen (secondary N) is 1. The van der Waals surface area contributed by atoms with E-state index in [1.54, 1.807) is 11.3 Å². The van der Waals surface area contributed by atoms with Crippen LogP contribution in [0.2, 0.25) is 0 Å². The molecule has 0 aliphatic heterocycles. The summed E-state index contributed by atoms with van der Waals surface area (Å²) in [5.41, 5.74) is 2.63. The van der Waals surface area contributed by atoms with E-state index in [4.69, 9.17) is 0 Å². The molecule has 116 valence electrons. The molecule has 1 heterocycles. The molecule has 1 aliphatic carbocycles. The number of hydrogen-bond donors (Lipinski definition) is 1. The molecule has 2 nitrogen and oxygen atoms in total. The zero-order chi connectivity index (χ0) is 15.9. The molecule has 0 spiro atoms. The molecule has 2 rings (SSSR count). The summed E-state index contributed by atoms with van der Waals surface area (Å²) in [5, 5.41) is 3.21. The second kappa shape index (κ2) is 5.60. The van der Waals surface area contributed by atoms with Gasteiger partial charge < -0.3 is 5.32 Å². The zero-order valence-electron chi connectivity index (χ0n) is 14.2. The summed E-state index contributed by atoms with van der Waals surface area (Å²) in [6.07, 6.45) is 2.24. The van der Waals surface area contributed by atoms with Gasteiger partial charge in [-0.2, -0.15) is 0 Å². The summed E-state index contributed by atoms with van der Waals surface area (Å²) in [4.78, 5) is 15.2. The Labute approximate surface area is 132 Å². The van der Waals surface area contributed by atoms with Crippen LogP contribution in [0.1, 0.15) is 56.0 Å². The van der Waals surface area contributed by atoms with Crippen LogP contribution in [0.3, 0.4) is 0 Å². The van der Waals surface area contributed by atoms with Crippen LogP contribution < -0.4 is 5.32 Å². The summed E-state index contributed by atoms with van der Waals surface area (Å²) in [6, 6.07) is 2.28. The van der Waals surface area contributed by atoms with Gasteiger partial charge in [0.05, 0.1) is 12.0 Å². The van der Waals surface area contributed by atoms with Gasteiger partial charge in [-0.15, -0.1) is 11.3 Å². The van der Waals surface area contributed by atoms with Gasteiger partial charge in [-0.05, 0) is 57.6 Å². The first-order valence-electron chi connectivity index (χ1n) is 7.67. The average molecular weight is 305 g/mol. The Hall–Kier alpha value is -1.09. The van der Waals surface area contributed by atoms with E-state index in [0.29, 0.717) is 5.92 Å². The van der Waals surface area contributed by atoms with Gasteiger partial charge in [0, 0.05) is 9.75 Å². The van der Waals surface area contributed by atoms with Crippen LogP contribution in [0, 0.1) is 31.1 Å². The Kier molecular flexibility index (Phi) is 4.34. The molecule has 0 saturated heterocycles. The van der Waals surface area contributed by atoms with Crippen molar-refractivity contribution in [1.29, 1.82) is 0 Å². The summed E-state index contributed by atoms with van der Waals surface area (Å²) < 4.78 is 0. The van der Waals surface area contributed by atoms with E-state index < -0.39 is 0 Å². The van der Waals surface area contributed by atoms with E-state index in [9.17, 15) is 4.79 Å². The van der Waals surface area contributed by atoms with Gasteiger partial charge in [-0.25, -0.2) is 0 Å². The zero-order valence-corrected chi connectivity index (χ0v) is 15.0. The SMILES string of the molecule is CC(C)=CC1C(C(=O)NC(C)c2cc(C)sc2C)C1(C)C. The minimum absolute atomic E-state index is 0.0840. The topological polar surface area (TPSA) is 29.1 Å². The second-order valence-electron chi connectivity index (χ2n) is 7.17. The smallest absolute Gasteiger partial charge is 0.224 e. The van der Waals surface area contributed by atoms with Crippen LogP contribution in [0.25, 0.3) is 0 Å². The monoisotopic (exact) mass is 305 g/mol. The Morgan fingerprint density at radius 3 is 2.48 bits per heavy atom. The third-order valence-electron chi connectivity index (χ3n) is 4.61. The predicted octanol–water partition coefficient (Wildman–Crippen LogP) is 4.78. The van der Waals surface area contributed by atoms with E-state index in [-0.39, 0.29) is 23.3 Å². The Balaban J connectivity index is 2.06. The maximum absolute atomic E-state index is 12.6. The van der Waals surface area contributed by atoms with Crippen molar-refractivity contribution >= 4 is 17.2 Å². The number of aryl methyl sites for hydroxylation is 2. The minimum Gasteiger partial charge on any atom is -0.349 e. The number of carbonyl (C=O) groups is 1. The molecule has 1 aromatic rings. The lowest BCUT2D eigenvalue weighted by Crippen LogP contribution is -2.29. The highest BCUT2D eigenvalue weighted by Crippen LogP contribution is 2.59. The summed E-state index contributed by atoms with van der Waals surface area (Å²) in [5.74, 6) is 0.674. The minimum atomic E-state index is 0.0840. The van der Waals surface area contributed by atoms with Crippen molar-refractivity contribution in [2.75, 3.05) is 0 Å². The van der Waals surface area contributed by atoms with Gasteiger partial charge in [-0.3, -0.25) is 4.79 Å². The van der Waals surface area contributed by atoms with Crippen LogP contribution in [-0.2, 0) is 4.79 Å². The van der Waals surface area contributed by atoms with Gasteiger partial charge in [-0.1, -0.05) is 25.5 Å². The molecule has 1 amide bonds. The first kappa shape index (κ1) is 16.3. The van der Waals surface area contributed by atoms with Gasteiger partial charge in [0.2, 0.25) is 5.91 Å². The number of allylic oxidation sites excluding steroid dienone is 2. The highest BCUT2D eigenvalue weighted by molar-refractivity contribution is 7.12. The number of amides is 1. The molecule has 0 aromatic carbocycles. The summed E-state index contributed by atoms with van der Waals surface area (Å²) in [7, 11) is 0. The molecular formula is C18H27NOS. The number of hydrogen-bond acceptors (Lipinski definition) is 2. The Morgan fingerprint density at radius 1 is 1.38 bits per heavy atom. The van der Waals surface area contributed by atoms with Crippen molar-refractivity contribution < 1.29 is 4.79 Å². The lowest BCUT2D eigenvalue weighted by molar-refractivity contribution is -0.123. The molecule has 1 saturated carbocycles.